The monoisotopic (exact) mass is 303 g/mol. The SMILES string of the molecule is Nc1cc(CC(=O)N2CCOCC2)ccc1N1CCCCC1. The molecule has 2 fully saturated rings. The van der Waals surface area contributed by atoms with E-state index in [0.29, 0.717) is 32.7 Å². The van der Waals surface area contributed by atoms with Crippen molar-refractivity contribution in [1.29, 1.82) is 0 Å². The zero-order valence-corrected chi connectivity index (χ0v) is 13.1. The molecular weight excluding hydrogens is 278 g/mol. The fourth-order valence-electron chi connectivity index (χ4n) is 3.24. The van der Waals surface area contributed by atoms with Crippen LogP contribution in [0, 0.1) is 0 Å². The maximum atomic E-state index is 12.3. The number of nitrogens with two attached hydrogens (primary N) is 1. The van der Waals surface area contributed by atoms with Gasteiger partial charge in [0.2, 0.25) is 5.91 Å². The van der Waals surface area contributed by atoms with E-state index in [-0.39, 0.29) is 5.91 Å². The van der Waals surface area contributed by atoms with Gasteiger partial charge < -0.3 is 20.3 Å². The van der Waals surface area contributed by atoms with Crippen molar-refractivity contribution in [1.82, 2.24) is 4.90 Å². The average Bonchev–Trinajstić information content (AvgIpc) is 2.56. The number of hydrogen-bond donors (Lipinski definition) is 1. The minimum atomic E-state index is 0.161. The summed E-state index contributed by atoms with van der Waals surface area (Å²) in [5.41, 5.74) is 9.11. The molecule has 5 heteroatoms. The maximum absolute atomic E-state index is 12.3. The van der Waals surface area contributed by atoms with Crippen molar-refractivity contribution in [2.24, 2.45) is 0 Å². The molecule has 120 valence electrons. The molecule has 2 heterocycles. The summed E-state index contributed by atoms with van der Waals surface area (Å²) in [6.45, 7) is 4.83. The van der Waals surface area contributed by atoms with E-state index in [0.717, 1.165) is 30.0 Å². The van der Waals surface area contributed by atoms with E-state index < -0.39 is 0 Å². The van der Waals surface area contributed by atoms with Crippen LogP contribution >= 0.6 is 0 Å². The van der Waals surface area contributed by atoms with Crippen LogP contribution in [0.1, 0.15) is 24.8 Å². The van der Waals surface area contributed by atoms with E-state index in [4.69, 9.17) is 10.5 Å². The Hall–Kier alpha value is -1.75. The fourth-order valence-corrected chi connectivity index (χ4v) is 3.24. The van der Waals surface area contributed by atoms with Gasteiger partial charge in [0.15, 0.2) is 0 Å². The number of amides is 1. The standard InChI is InChI=1S/C17H25N3O2/c18-15-12-14(13-17(21)20-8-10-22-11-9-20)4-5-16(15)19-6-2-1-3-7-19/h4-5,12H,1-3,6-11,13,18H2. The Morgan fingerprint density at radius 2 is 1.82 bits per heavy atom. The molecule has 22 heavy (non-hydrogen) atoms. The molecule has 0 saturated carbocycles. The van der Waals surface area contributed by atoms with Gasteiger partial charge in [-0.15, -0.1) is 0 Å². The molecule has 1 aromatic carbocycles. The number of nitrogens with zero attached hydrogens (tertiary/aromatic N) is 2. The zero-order valence-electron chi connectivity index (χ0n) is 13.1. The van der Waals surface area contributed by atoms with Crippen molar-refractivity contribution >= 4 is 17.3 Å². The molecular formula is C17H25N3O2. The van der Waals surface area contributed by atoms with Crippen LogP contribution in [-0.2, 0) is 16.0 Å². The topological polar surface area (TPSA) is 58.8 Å². The van der Waals surface area contributed by atoms with E-state index in [1.165, 1.54) is 19.3 Å². The highest BCUT2D eigenvalue weighted by Crippen LogP contribution is 2.27. The Bertz CT molecular complexity index is 521. The molecule has 0 aromatic heterocycles. The van der Waals surface area contributed by atoms with Crippen LogP contribution in [0.3, 0.4) is 0 Å². The molecule has 2 aliphatic rings. The molecule has 2 aliphatic heterocycles. The van der Waals surface area contributed by atoms with Gasteiger partial charge in [-0.1, -0.05) is 6.07 Å². The van der Waals surface area contributed by atoms with E-state index in [2.05, 4.69) is 11.0 Å². The van der Waals surface area contributed by atoms with Crippen molar-refractivity contribution in [3.8, 4) is 0 Å². The second kappa shape index (κ2) is 7.01. The quantitative estimate of drug-likeness (QED) is 0.863. The largest absolute Gasteiger partial charge is 0.397 e. The Balaban J connectivity index is 1.64. The fraction of sp³-hybridized carbons (Fsp3) is 0.588. The van der Waals surface area contributed by atoms with Crippen LogP contribution in [-0.4, -0.2) is 50.2 Å². The highest BCUT2D eigenvalue weighted by Gasteiger charge is 2.18. The molecule has 1 aromatic rings. The molecule has 1 amide bonds. The molecule has 0 bridgehead atoms. The minimum Gasteiger partial charge on any atom is -0.397 e. The lowest BCUT2D eigenvalue weighted by molar-refractivity contribution is -0.134. The van der Waals surface area contributed by atoms with Crippen molar-refractivity contribution in [3.05, 3.63) is 23.8 Å². The summed E-state index contributed by atoms with van der Waals surface area (Å²) >= 11 is 0. The first-order chi connectivity index (χ1) is 10.7. The van der Waals surface area contributed by atoms with Gasteiger partial charge in [-0.3, -0.25) is 4.79 Å². The van der Waals surface area contributed by atoms with Crippen molar-refractivity contribution in [3.63, 3.8) is 0 Å². The highest BCUT2D eigenvalue weighted by molar-refractivity contribution is 5.80. The van der Waals surface area contributed by atoms with Crippen LogP contribution in [0.5, 0.6) is 0 Å². The summed E-state index contributed by atoms with van der Waals surface area (Å²) in [5, 5.41) is 0. The normalized spacial score (nSPS) is 19.3. The van der Waals surface area contributed by atoms with E-state index >= 15 is 0 Å². The van der Waals surface area contributed by atoms with Crippen LogP contribution in [0.2, 0.25) is 0 Å². The number of nitrogen functional groups attached to an aromatic ring is 1. The first-order valence-corrected chi connectivity index (χ1v) is 8.23. The average molecular weight is 303 g/mol. The zero-order chi connectivity index (χ0) is 15.4. The van der Waals surface area contributed by atoms with Gasteiger partial charge in [-0.2, -0.15) is 0 Å². The number of carbonyl (C=O) groups is 1. The van der Waals surface area contributed by atoms with Crippen molar-refractivity contribution in [2.45, 2.75) is 25.7 Å². The molecule has 3 rings (SSSR count). The number of hydrogen-bond acceptors (Lipinski definition) is 4. The molecule has 2 N–H and O–H groups in total. The third kappa shape index (κ3) is 3.53. The Morgan fingerprint density at radius 3 is 2.50 bits per heavy atom. The number of piperidine rings is 1. The van der Waals surface area contributed by atoms with Crippen molar-refractivity contribution < 1.29 is 9.53 Å². The number of carbonyl (C=O) groups excluding carboxylic acids is 1. The van der Waals surface area contributed by atoms with Crippen molar-refractivity contribution in [2.75, 3.05) is 50.0 Å². The Labute approximate surface area is 132 Å². The predicted octanol–water partition coefficient (Wildman–Crippen LogP) is 1.66. The molecule has 0 radical (unpaired) electrons. The van der Waals surface area contributed by atoms with Crippen LogP contribution in [0.25, 0.3) is 0 Å². The Morgan fingerprint density at radius 1 is 1.09 bits per heavy atom. The van der Waals surface area contributed by atoms with Gasteiger partial charge in [0.1, 0.15) is 0 Å². The van der Waals surface area contributed by atoms with Gasteiger partial charge in [-0.25, -0.2) is 0 Å². The summed E-state index contributed by atoms with van der Waals surface area (Å²) < 4.78 is 5.28. The third-order valence-electron chi connectivity index (χ3n) is 4.51. The van der Waals surface area contributed by atoms with Crippen LogP contribution in [0.4, 0.5) is 11.4 Å². The molecule has 0 spiro atoms. The highest BCUT2D eigenvalue weighted by atomic mass is 16.5. The number of anilines is 2. The first kappa shape index (κ1) is 15.2. The lowest BCUT2D eigenvalue weighted by atomic mass is 10.1. The molecule has 0 atom stereocenters. The van der Waals surface area contributed by atoms with Gasteiger partial charge in [0.25, 0.3) is 0 Å². The molecule has 0 unspecified atom stereocenters. The first-order valence-electron chi connectivity index (χ1n) is 8.23. The lowest BCUT2D eigenvalue weighted by Crippen LogP contribution is -2.41. The second-order valence-electron chi connectivity index (χ2n) is 6.11. The number of rotatable bonds is 3. The summed E-state index contributed by atoms with van der Waals surface area (Å²) in [7, 11) is 0. The third-order valence-corrected chi connectivity index (χ3v) is 4.51. The second-order valence-corrected chi connectivity index (χ2v) is 6.11. The summed E-state index contributed by atoms with van der Waals surface area (Å²) in [6.07, 6.45) is 4.19. The maximum Gasteiger partial charge on any atom is 0.227 e. The summed E-state index contributed by atoms with van der Waals surface area (Å²) in [5.74, 6) is 0.161. The van der Waals surface area contributed by atoms with Gasteiger partial charge in [0.05, 0.1) is 31.0 Å². The van der Waals surface area contributed by atoms with Crippen LogP contribution < -0.4 is 10.6 Å². The summed E-state index contributed by atoms with van der Waals surface area (Å²) in [6, 6.07) is 6.07. The minimum absolute atomic E-state index is 0.161. The molecule has 5 nitrogen and oxygen atoms in total. The lowest BCUT2D eigenvalue weighted by Gasteiger charge is -2.30. The molecule has 0 aliphatic carbocycles. The predicted molar refractivity (Wildman–Crippen MR) is 88.0 cm³/mol. The number of benzene rings is 1. The number of ether oxygens (including phenoxy) is 1. The van der Waals surface area contributed by atoms with Gasteiger partial charge >= 0.3 is 0 Å². The van der Waals surface area contributed by atoms with Gasteiger partial charge in [0, 0.05) is 26.2 Å². The van der Waals surface area contributed by atoms with E-state index in [1.807, 2.05) is 17.0 Å². The Kier molecular flexibility index (Phi) is 4.83. The number of morpholine rings is 1. The summed E-state index contributed by atoms with van der Waals surface area (Å²) in [4.78, 5) is 16.5. The van der Waals surface area contributed by atoms with E-state index in [1.54, 1.807) is 0 Å². The molecule has 2 saturated heterocycles. The van der Waals surface area contributed by atoms with Gasteiger partial charge in [-0.05, 0) is 37.0 Å². The smallest absolute Gasteiger partial charge is 0.227 e. The van der Waals surface area contributed by atoms with E-state index in [9.17, 15) is 4.79 Å². The van der Waals surface area contributed by atoms with Crippen LogP contribution in [0.15, 0.2) is 18.2 Å².